The molecule has 136 valence electrons. The Bertz CT molecular complexity index is 898. The van der Waals surface area contributed by atoms with Crippen LogP contribution in [0.15, 0.2) is 40.9 Å². The molecular formula is C19H23N5O2. The Balaban J connectivity index is 1.66. The molecule has 7 nitrogen and oxygen atoms in total. The lowest BCUT2D eigenvalue weighted by Gasteiger charge is -2.13. The van der Waals surface area contributed by atoms with Crippen LogP contribution < -0.4 is 10.6 Å². The molecule has 26 heavy (non-hydrogen) atoms. The van der Waals surface area contributed by atoms with Gasteiger partial charge in [-0.3, -0.25) is 4.79 Å². The second-order valence-electron chi connectivity index (χ2n) is 6.31. The molecule has 0 spiro atoms. The van der Waals surface area contributed by atoms with Crippen LogP contribution in [0.4, 0.5) is 5.82 Å². The van der Waals surface area contributed by atoms with Crippen LogP contribution in [0.3, 0.4) is 0 Å². The minimum Gasteiger partial charge on any atom is -0.360 e. The Morgan fingerprint density at radius 3 is 2.62 bits per heavy atom. The Morgan fingerprint density at radius 1 is 1.23 bits per heavy atom. The van der Waals surface area contributed by atoms with Crippen molar-refractivity contribution in [1.29, 1.82) is 0 Å². The number of hydrogen-bond acceptors (Lipinski definition) is 5. The molecule has 0 aliphatic carbocycles. The van der Waals surface area contributed by atoms with Gasteiger partial charge in [0.1, 0.15) is 5.76 Å². The van der Waals surface area contributed by atoms with E-state index in [0.717, 1.165) is 22.6 Å². The number of amides is 1. The van der Waals surface area contributed by atoms with E-state index in [-0.39, 0.29) is 11.9 Å². The highest BCUT2D eigenvalue weighted by molar-refractivity contribution is 5.93. The van der Waals surface area contributed by atoms with Gasteiger partial charge in [-0.15, -0.1) is 0 Å². The first-order valence-electron chi connectivity index (χ1n) is 8.54. The van der Waals surface area contributed by atoms with Crippen molar-refractivity contribution in [2.45, 2.75) is 40.3 Å². The van der Waals surface area contributed by atoms with Gasteiger partial charge in [-0.2, -0.15) is 5.10 Å². The van der Waals surface area contributed by atoms with Crippen LogP contribution in [0.5, 0.6) is 0 Å². The third-order valence-corrected chi connectivity index (χ3v) is 4.30. The van der Waals surface area contributed by atoms with Gasteiger partial charge < -0.3 is 15.2 Å². The largest absolute Gasteiger partial charge is 0.360 e. The lowest BCUT2D eigenvalue weighted by Crippen LogP contribution is -2.37. The predicted molar refractivity (Wildman–Crippen MR) is 99.2 cm³/mol. The van der Waals surface area contributed by atoms with E-state index in [4.69, 9.17) is 4.52 Å². The van der Waals surface area contributed by atoms with Gasteiger partial charge in [0, 0.05) is 23.9 Å². The van der Waals surface area contributed by atoms with Gasteiger partial charge in [0.15, 0.2) is 5.82 Å². The number of benzene rings is 1. The standard InChI is InChI=1S/C19H23N5O2/c1-12-10-18(23-26-12)21-19(25)14(3)20-11-17-13(2)22-24(15(17)4)16-8-6-5-7-9-16/h5-10,14,20H,11H2,1-4H3,(H,21,23,25). The fraction of sp³-hybridized carbons (Fsp3) is 0.316. The summed E-state index contributed by atoms with van der Waals surface area (Å²) in [5, 5.41) is 14.4. The first-order chi connectivity index (χ1) is 12.5. The minimum atomic E-state index is -0.383. The van der Waals surface area contributed by atoms with E-state index in [2.05, 4.69) is 20.9 Å². The molecule has 0 saturated carbocycles. The maximum absolute atomic E-state index is 12.3. The number of carbonyl (C=O) groups excluding carboxylic acids is 1. The summed E-state index contributed by atoms with van der Waals surface area (Å²) in [6.45, 7) is 8.16. The quantitative estimate of drug-likeness (QED) is 0.712. The van der Waals surface area contributed by atoms with Crippen LogP contribution in [0.2, 0.25) is 0 Å². The van der Waals surface area contributed by atoms with Crippen molar-refractivity contribution in [3.8, 4) is 5.69 Å². The van der Waals surface area contributed by atoms with Crippen molar-refractivity contribution in [2.24, 2.45) is 0 Å². The SMILES string of the molecule is Cc1cc(NC(=O)C(C)NCc2c(C)nn(-c3ccccc3)c2C)no1. The van der Waals surface area contributed by atoms with E-state index >= 15 is 0 Å². The number of para-hydroxylation sites is 1. The molecule has 7 heteroatoms. The number of nitrogens with one attached hydrogen (secondary N) is 2. The fourth-order valence-corrected chi connectivity index (χ4v) is 2.76. The van der Waals surface area contributed by atoms with Crippen molar-refractivity contribution >= 4 is 11.7 Å². The summed E-state index contributed by atoms with van der Waals surface area (Å²) in [7, 11) is 0. The molecule has 2 aromatic heterocycles. The third kappa shape index (κ3) is 3.83. The Kier molecular flexibility index (Phi) is 5.18. The van der Waals surface area contributed by atoms with Gasteiger partial charge in [-0.25, -0.2) is 4.68 Å². The molecule has 1 atom stereocenters. The highest BCUT2D eigenvalue weighted by Gasteiger charge is 2.17. The van der Waals surface area contributed by atoms with Gasteiger partial charge >= 0.3 is 0 Å². The van der Waals surface area contributed by atoms with Crippen LogP contribution in [-0.2, 0) is 11.3 Å². The predicted octanol–water partition coefficient (Wildman–Crippen LogP) is 2.90. The molecule has 1 unspecified atom stereocenters. The van der Waals surface area contributed by atoms with Gasteiger partial charge in [-0.05, 0) is 39.8 Å². The van der Waals surface area contributed by atoms with E-state index in [9.17, 15) is 4.79 Å². The van der Waals surface area contributed by atoms with Crippen molar-refractivity contribution in [3.63, 3.8) is 0 Å². The zero-order valence-electron chi connectivity index (χ0n) is 15.4. The third-order valence-electron chi connectivity index (χ3n) is 4.30. The van der Waals surface area contributed by atoms with E-state index in [1.165, 1.54) is 0 Å². The van der Waals surface area contributed by atoms with E-state index in [0.29, 0.717) is 18.1 Å². The highest BCUT2D eigenvalue weighted by atomic mass is 16.5. The van der Waals surface area contributed by atoms with E-state index in [1.54, 1.807) is 13.0 Å². The lowest BCUT2D eigenvalue weighted by molar-refractivity contribution is -0.117. The van der Waals surface area contributed by atoms with Gasteiger partial charge in [-0.1, -0.05) is 23.4 Å². The topological polar surface area (TPSA) is 85.0 Å². The molecule has 1 amide bonds. The number of anilines is 1. The molecule has 2 heterocycles. The molecule has 2 N–H and O–H groups in total. The van der Waals surface area contributed by atoms with Crippen LogP contribution in [0, 0.1) is 20.8 Å². The van der Waals surface area contributed by atoms with Gasteiger partial charge in [0.25, 0.3) is 0 Å². The maximum atomic E-state index is 12.3. The van der Waals surface area contributed by atoms with Crippen LogP contribution in [0.25, 0.3) is 5.69 Å². The lowest BCUT2D eigenvalue weighted by atomic mass is 10.2. The van der Waals surface area contributed by atoms with E-state index in [1.807, 2.05) is 55.8 Å². The molecule has 0 bridgehead atoms. The summed E-state index contributed by atoms with van der Waals surface area (Å²) in [5.41, 5.74) is 4.11. The average Bonchev–Trinajstić information content (AvgIpc) is 3.16. The number of aromatic nitrogens is 3. The number of rotatable bonds is 6. The summed E-state index contributed by atoms with van der Waals surface area (Å²) in [4.78, 5) is 12.3. The van der Waals surface area contributed by atoms with Crippen molar-refractivity contribution < 1.29 is 9.32 Å². The number of aryl methyl sites for hydroxylation is 2. The average molecular weight is 353 g/mol. The smallest absolute Gasteiger partial charge is 0.242 e. The van der Waals surface area contributed by atoms with Crippen molar-refractivity contribution in [1.82, 2.24) is 20.3 Å². The van der Waals surface area contributed by atoms with E-state index < -0.39 is 0 Å². The zero-order valence-corrected chi connectivity index (χ0v) is 15.4. The Labute approximate surface area is 152 Å². The number of carbonyl (C=O) groups is 1. The summed E-state index contributed by atoms with van der Waals surface area (Å²) in [6, 6.07) is 11.3. The first kappa shape index (κ1) is 17.9. The molecule has 0 saturated heterocycles. The van der Waals surface area contributed by atoms with Gasteiger partial charge in [0.05, 0.1) is 17.4 Å². The van der Waals surface area contributed by atoms with Crippen LogP contribution >= 0.6 is 0 Å². The summed E-state index contributed by atoms with van der Waals surface area (Å²) < 4.78 is 6.88. The fourth-order valence-electron chi connectivity index (χ4n) is 2.76. The minimum absolute atomic E-state index is 0.163. The summed E-state index contributed by atoms with van der Waals surface area (Å²) >= 11 is 0. The molecule has 0 fully saturated rings. The monoisotopic (exact) mass is 353 g/mol. The van der Waals surface area contributed by atoms with Crippen LogP contribution in [-0.4, -0.2) is 26.9 Å². The van der Waals surface area contributed by atoms with Crippen molar-refractivity contribution in [3.05, 3.63) is 59.1 Å². The van der Waals surface area contributed by atoms with Gasteiger partial charge in [0.2, 0.25) is 5.91 Å². The first-order valence-corrected chi connectivity index (χ1v) is 8.54. The number of nitrogens with zero attached hydrogens (tertiary/aromatic N) is 3. The van der Waals surface area contributed by atoms with Crippen LogP contribution in [0.1, 0.15) is 29.6 Å². The molecule has 0 aliphatic rings. The zero-order chi connectivity index (χ0) is 18.7. The Morgan fingerprint density at radius 2 is 1.96 bits per heavy atom. The molecule has 0 aliphatic heterocycles. The maximum Gasteiger partial charge on any atom is 0.242 e. The molecule has 1 aromatic carbocycles. The van der Waals surface area contributed by atoms with Crippen molar-refractivity contribution in [2.75, 3.05) is 5.32 Å². The highest BCUT2D eigenvalue weighted by Crippen LogP contribution is 2.18. The number of hydrogen-bond donors (Lipinski definition) is 2. The Hall–Kier alpha value is -2.93. The normalized spacial score (nSPS) is 12.2. The molecule has 0 radical (unpaired) electrons. The summed E-state index contributed by atoms with van der Waals surface area (Å²) in [5.74, 6) is 0.912. The summed E-state index contributed by atoms with van der Waals surface area (Å²) in [6.07, 6.45) is 0. The second-order valence-corrected chi connectivity index (χ2v) is 6.31. The molecular weight excluding hydrogens is 330 g/mol. The molecule has 3 rings (SSSR count). The second kappa shape index (κ2) is 7.53. The molecule has 3 aromatic rings.